The van der Waals surface area contributed by atoms with Crippen LogP contribution < -0.4 is 4.41 Å². The lowest BCUT2D eigenvalue weighted by Crippen LogP contribution is -2.43. The first kappa shape index (κ1) is 27.1. The summed E-state index contributed by atoms with van der Waals surface area (Å²) in [6, 6.07) is 16.8. The highest BCUT2D eigenvalue weighted by molar-refractivity contribution is 8.36. The first-order valence-corrected chi connectivity index (χ1v) is 14.0. The van der Waals surface area contributed by atoms with Gasteiger partial charge in [0.2, 0.25) is 4.75 Å². The lowest BCUT2D eigenvalue weighted by atomic mass is 9.96. The Morgan fingerprint density at radius 3 is 2.14 bits per heavy atom. The Kier molecular flexibility index (Phi) is 6.00. The summed E-state index contributed by atoms with van der Waals surface area (Å²) in [6.45, 7) is 3.45. The van der Waals surface area contributed by atoms with Crippen LogP contribution in [0, 0.1) is 81.8 Å². The third kappa shape index (κ3) is 3.32. The predicted octanol–water partition coefficient (Wildman–Crippen LogP) is 2.18. The first-order valence-electron chi connectivity index (χ1n) is 12.4. The molecule has 6 heterocycles. The van der Waals surface area contributed by atoms with Crippen LogP contribution in [0.25, 0.3) is 16.8 Å². The van der Waals surface area contributed by atoms with Crippen molar-refractivity contribution in [1.82, 2.24) is 50.7 Å². The van der Waals surface area contributed by atoms with Gasteiger partial charge in [-0.1, -0.05) is 0 Å². The van der Waals surface area contributed by atoms with Crippen molar-refractivity contribution in [3.05, 3.63) is 70.3 Å². The van der Waals surface area contributed by atoms with Crippen molar-refractivity contribution in [3.8, 4) is 47.7 Å². The van der Waals surface area contributed by atoms with Crippen LogP contribution in [0.5, 0.6) is 0 Å². The van der Waals surface area contributed by atoms with Gasteiger partial charge in [0, 0.05) is 17.3 Å². The van der Waals surface area contributed by atoms with Gasteiger partial charge in [-0.05, 0) is 36.2 Å². The summed E-state index contributed by atoms with van der Waals surface area (Å²) < 4.78 is -0.951. The van der Waals surface area contributed by atoms with Crippen LogP contribution in [0.1, 0.15) is 34.0 Å². The fourth-order valence-corrected chi connectivity index (χ4v) is 9.50. The highest BCUT2D eigenvalue weighted by Gasteiger charge is 2.68. The lowest BCUT2D eigenvalue weighted by molar-refractivity contribution is 0.713. The summed E-state index contributed by atoms with van der Waals surface area (Å²) in [5.41, 5.74) is 1.10. The highest BCUT2D eigenvalue weighted by atomic mass is 32.3. The number of rotatable bonds is 5. The van der Waals surface area contributed by atoms with E-state index < -0.39 is 15.0 Å². The van der Waals surface area contributed by atoms with Crippen LogP contribution in [-0.4, -0.2) is 55.4 Å². The molecule has 5 aromatic rings. The van der Waals surface area contributed by atoms with E-state index in [1.165, 1.54) is 33.7 Å². The van der Waals surface area contributed by atoms with Crippen molar-refractivity contribution in [2.45, 2.75) is 28.6 Å². The van der Waals surface area contributed by atoms with Crippen LogP contribution in [-0.2, 0) is 0 Å². The third-order valence-electron chi connectivity index (χ3n) is 6.92. The molecule has 0 fully saturated rings. The Morgan fingerprint density at radius 1 is 0.818 bits per heavy atom. The standard InChI is InChI=1S/C26H15N17S/c1-14-11-33-39-24(14)44(25-22(20(9-29)38-40-25)18-5-15(2)34-36-18)26(12-31,13-32)23(19-6-17(8-28)35-37-19)21(10-30)43(44)42-4-3-16(7-27)41-42/h3-6,11H,1-2H3,(H,33,39)(H,34,36)(H,35,37)(H,38,40). The number of hydrogen-bond donors (Lipinski definition) is 4. The molecule has 1 aliphatic rings. The number of allylic oxidation sites excluding steroid dienone is 1. The Balaban J connectivity index is 1.89. The van der Waals surface area contributed by atoms with Gasteiger partial charge in [-0.2, -0.15) is 56.8 Å². The fraction of sp³-hybridized carbons (Fsp3) is 0.115. The Bertz CT molecular complexity index is 2250. The van der Waals surface area contributed by atoms with E-state index in [2.05, 4.69) is 64.1 Å². The van der Waals surface area contributed by atoms with E-state index in [9.17, 15) is 31.6 Å². The quantitative estimate of drug-likeness (QED) is 0.227. The molecule has 0 saturated heterocycles. The predicted molar refractivity (Wildman–Crippen MR) is 148 cm³/mol. The molecule has 0 saturated carbocycles. The topological polar surface area (TPSA) is 279 Å². The molecule has 210 valence electrons. The van der Waals surface area contributed by atoms with Crippen LogP contribution in [0.3, 0.4) is 0 Å². The van der Waals surface area contributed by atoms with Crippen LogP contribution in [0.15, 0.2) is 46.3 Å². The number of nitrogens with one attached hydrogen (secondary N) is 4. The number of hydrogen-bond acceptors (Lipinski definition) is 12. The smallest absolute Gasteiger partial charge is 0.230 e. The van der Waals surface area contributed by atoms with Gasteiger partial charge in [0.05, 0.1) is 34.9 Å². The molecule has 4 N–H and O–H groups in total. The van der Waals surface area contributed by atoms with E-state index >= 15 is 0 Å². The molecule has 5 aromatic heterocycles. The molecule has 0 spiro atoms. The summed E-state index contributed by atoms with van der Waals surface area (Å²) in [5.74, 6) is 0. The second-order valence-electron chi connectivity index (χ2n) is 9.31. The Morgan fingerprint density at radius 2 is 1.59 bits per heavy atom. The minimum Gasteiger partial charge on any atom is -0.282 e. The van der Waals surface area contributed by atoms with Gasteiger partial charge in [0.15, 0.2) is 22.8 Å². The number of H-pyrrole nitrogens is 4. The molecule has 0 radical (unpaired) electrons. The Labute approximate surface area is 248 Å². The average molecular weight is 598 g/mol. The van der Waals surface area contributed by atoms with Crippen LogP contribution in [0.4, 0.5) is 0 Å². The molecular weight excluding hydrogens is 582 g/mol. The molecule has 0 amide bonds. The van der Waals surface area contributed by atoms with Crippen molar-refractivity contribution in [1.29, 1.82) is 31.6 Å². The van der Waals surface area contributed by atoms with E-state index in [1.807, 2.05) is 18.2 Å². The van der Waals surface area contributed by atoms with Crippen molar-refractivity contribution in [2.75, 3.05) is 4.41 Å². The molecule has 17 nitrogen and oxygen atoms in total. The zero-order valence-corrected chi connectivity index (χ0v) is 23.4. The number of nitrogens with zero attached hydrogens (tertiary/aromatic N) is 13. The molecule has 0 aliphatic carbocycles. The highest BCUT2D eigenvalue weighted by Crippen LogP contribution is 2.79. The monoisotopic (exact) mass is 597 g/mol. The molecule has 44 heavy (non-hydrogen) atoms. The fourth-order valence-electron chi connectivity index (χ4n) is 5.19. The van der Waals surface area contributed by atoms with Gasteiger partial charge < -0.3 is 0 Å². The second-order valence-corrected chi connectivity index (χ2v) is 12.2. The normalized spacial score (nSPS) is 18.3. The SMILES string of the molecule is Cc1cc(-c2c(C#N)n[nH]c2S2(c3[nH]ncc3C)N(n3ccc(C#N)n3)C(C#N)=C(c3cc(C#N)n[nH]3)C2(C#N)C#N)n[nH]1. The number of aromatic nitrogens is 10. The lowest BCUT2D eigenvalue weighted by Gasteiger charge is -2.48. The molecule has 0 aromatic carbocycles. The zero-order valence-electron chi connectivity index (χ0n) is 22.6. The van der Waals surface area contributed by atoms with E-state index in [1.54, 1.807) is 19.9 Å². The zero-order chi connectivity index (χ0) is 31.2. The molecule has 6 rings (SSSR count). The summed E-state index contributed by atoms with van der Waals surface area (Å²) in [7, 11) is -3.58. The molecule has 0 bridgehead atoms. The van der Waals surface area contributed by atoms with Gasteiger partial charge in [0.1, 0.15) is 46.5 Å². The van der Waals surface area contributed by atoms with E-state index in [0.717, 1.165) is 0 Å². The first-order chi connectivity index (χ1) is 21.3. The van der Waals surface area contributed by atoms with Crippen molar-refractivity contribution >= 4 is 15.8 Å². The third-order valence-corrected chi connectivity index (χ3v) is 10.9. The maximum Gasteiger partial charge on any atom is 0.230 e. The molecule has 1 aliphatic heterocycles. The Hall–Kier alpha value is -7.12. The van der Waals surface area contributed by atoms with Gasteiger partial charge in [0.25, 0.3) is 0 Å². The largest absolute Gasteiger partial charge is 0.282 e. The van der Waals surface area contributed by atoms with Gasteiger partial charge >= 0.3 is 0 Å². The molecule has 18 heteroatoms. The van der Waals surface area contributed by atoms with Gasteiger partial charge in [-0.15, -0.1) is 5.10 Å². The van der Waals surface area contributed by atoms with Crippen molar-refractivity contribution in [3.63, 3.8) is 0 Å². The van der Waals surface area contributed by atoms with E-state index in [-0.39, 0.29) is 55.4 Å². The maximum atomic E-state index is 11.2. The number of aromatic amines is 4. The summed E-state index contributed by atoms with van der Waals surface area (Å²) in [5, 5.41) is 95.3. The average Bonchev–Trinajstić information content (AvgIpc) is 3.88. The second kappa shape index (κ2) is 9.76. The van der Waals surface area contributed by atoms with Crippen molar-refractivity contribution in [2.24, 2.45) is 0 Å². The minimum atomic E-state index is -3.58. The van der Waals surface area contributed by atoms with Crippen LogP contribution in [0.2, 0.25) is 0 Å². The van der Waals surface area contributed by atoms with Gasteiger partial charge in [-0.25, -0.2) is 4.41 Å². The summed E-state index contributed by atoms with van der Waals surface area (Å²) >= 11 is 0. The van der Waals surface area contributed by atoms with E-state index in [4.69, 9.17) is 0 Å². The minimum absolute atomic E-state index is 0.0244. The molecule has 1 atom stereocenters. The van der Waals surface area contributed by atoms with Gasteiger partial charge in [-0.3, -0.25) is 20.4 Å². The van der Waals surface area contributed by atoms with E-state index in [0.29, 0.717) is 11.3 Å². The summed E-state index contributed by atoms with van der Waals surface area (Å²) in [6.07, 6.45) is 2.89. The number of aryl methyl sites for hydroxylation is 2. The molecular formula is C26H15N17S. The van der Waals surface area contributed by atoms with Crippen molar-refractivity contribution < 1.29 is 0 Å². The summed E-state index contributed by atoms with van der Waals surface area (Å²) in [4.78, 5) is 1.19. The van der Waals surface area contributed by atoms with Crippen LogP contribution >= 0.6 is 10.2 Å². The molecule has 1 unspecified atom stereocenters. The maximum absolute atomic E-state index is 11.2. The number of nitriles is 6.